The van der Waals surface area contributed by atoms with Crippen molar-refractivity contribution >= 4 is 19.8 Å². The van der Waals surface area contributed by atoms with Crippen LogP contribution in [0.1, 0.15) is 142 Å². The Balaban J connectivity index is 2.56. The molecular formula is C39H69O13P. The van der Waals surface area contributed by atoms with Gasteiger partial charge in [0, 0.05) is 12.8 Å². The lowest BCUT2D eigenvalue weighted by Crippen LogP contribution is -2.64. The van der Waals surface area contributed by atoms with E-state index in [1.54, 1.807) is 0 Å². The van der Waals surface area contributed by atoms with Crippen LogP contribution in [0.5, 0.6) is 0 Å². The summed E-state index contributed by atoms with van der Waals surface area (Å²) in [4.78, 5) is 35.4. The number of aliphatic hydroxyl groups excluding tert-OH is 5. The van der Waals surface area contributed by atoms with E-state index in [9.17, 15) is 44.6 Å². The molecule has 13 nitrogen and oxygen atoms in total. The summed E-state index contributed by atoms with van der Waals surface area (Å²) >= 11 is 0. The number of esters is 2. The molecule has 0 aromatic rings. The van der Waals surface area contributed by atoms with Crippen molar-refractivity contribution in [3.8, 4) is 0 Å². The Hall–Kier alpha value is -1.93. The number of hydrogen-bond acceptors (Lipinski definition) is 12. The highest BCUT2D eigenvalue weighted by Gasteiger charge is 2.51. The molecule has 0 bridgehead atoms. The normalized spacial score (nSPS) is 23.8. The molecule has 1 rings (SSSR count). The second-order valence-electron chi connectivity index (χ2n) is 13.8. The smallest absolute Gasteiger partial charge is 0.462 e. The summed E-state index contributed by atoms with van der Waals surface area (Å²) in [6.07, 6.45) is 18.0. The lowest BCUT2D eigenvalue weighted by Gasteiger charge is -2.41. The van der Waals surface area contributed by atoms with Crippen LogP contribution in [0.3, 0.4) is 0 Å². The number of rotatable bonds is 31. The van der Waals surface area contributed by atoms with Gasteiger partial charge in [0.15, 0.2) is 6.10 Å². The minimum absolute atomic E-state index is 0.0623. The molecule has 1 saturated carbocycles. The first-order valence-electron chi connectivity index (χ1n) is 19.8. The van der Waals surface area contributed by atoms with Crippen molar-refractivity contribution < 1.29 is 63.1 Å². The Kier molecular flexibility index (Phi) is 28.1. The third-order valence-corrected chi connectivity index (χ3v) is 9.98. The van der Waals surface area contributed by atoms with Crippen LogP contribution in [0.4, 0.5) is 0 Å². The molecule has 1 aliphatic carbocycles. The topological polar surface area (TPSA) is 210 Å². The molecule has 53 heavy (non-hydrogen) atoms. The van der Waals surface area contributed by atoms with Crippen LogP contribution in [0.15, 0.2) is 36.5 Å². The highest BCUT2D eigenvalue weighted by atomic mass is 31.2. The molecule has 1 aliphatic rings. The molecule has 0 heterocycles. The molecule has 14 heteroatoms. The standard InChI is InChI=1S/C39H69O13P/c1-3-5-7-9-11-13-15-16-18-20-22-24-26-28-33(41)51-31(29-49-32(40)27-25-23-21-19-17-14-12-10-8-6-4-2)30-50-53(47,48)52-39-37(45)35(43)34(42)36(44)38(39)46/h5,7,11,13,16,18,31,34-39,42-46H,3-4,6,8-10,12,14-15,17,19-30H2,1-2H3,(H,47,48)/b7-5-,13-11-,18-16-. The Morgan fingerprint density at radius 3 is 1.64 bits per heavy atom. The Morgan fingerprint density at radius 2 is 1.08 bits per heavy atom. The second kappa shape index (κ2) is 30.3. The van der Waals surface area contributed by atoms with Gasteiger partial charge in [-0.2, -0.15) is 0 Å². The maximum Gasteiger partial charge on any atom is 0.472 e. The third kappa shape index (κ3) is 23.6. The van der Waals surface area contributed by atoms with Gasteiger partial charge in [0.05, 0.1) is 6.61 Å². The van der Waals surface area contributed by atoms with Gasteiger partial charge >= 0.3 is 19.8 Å². The number of aliphatic hydroxyl groups is 5. The molecule has 6 N–H and O–H groups in total. The molecule has 0 aromatic heterocycles. The van der Waals surface area contributed by atoms with Gasteiger partial charge in [-0.3, -0.25) is 18.6 Å². The fourth-order valence-electron chi connectivity index (χ4n) is 5.77. The summed E-state index contributed by atoms with van der Waals surface area (Å²) in [5, 5.41) is 49.9. The van der Waals surface area contributed by atoms with Crippen LogP contribution in [0, 0.1) is 0 Å². The largest absolute Gasteiger partial charge is 0.472 e. The van der Waals surface area contributed by atoms with Gasteiger partial charge in [0.1, 0.15) is 43.2 Å². The maximum atomic E-state index is 12.7. The van der Waals surface area contributed by atoms with E-state index in [4.69, 9.17) is 18.5 Å². The Bertz CT molecular complexity index is 1080. The summed E-state index contributed by atoms with van der Waals surface area (Å²) < 4.78 is 33.3. The molecule has 1 fully saturated rings. The number of phosphoric ester groups is 1. The predicted molar refractivity (Wildman–Crippen MR) is 203 cm³/mol. The quantitative estimate of drug-likeness (QED) is 0.0199. The molecule has 6 unspecified atom stereocenters. The fourth-order valence-corrected chi connectivity index (χ4v) is 6.74. The van der Waals surface area contributed by atoms with E-state index in [0.29, 0.717) is 12.8 Å². The highest BCUT2D eigenvalue weighted by Crippen LogP contribution is 2.47. The van der Waals surface area contributed by atoms with Crippen LogP contribution < -0.4 is 0 Å². The van der Waals surface area contributed by atoms with Gasteiger partial charge in [-0.25, -0.2) is 4.57 Å². The zero-order valence-electron chi connectivity index (χ0n) is 32.1. The van der Waals surface area contributed by atoms with Crippen LogP contribution in [-0.2, 0) is 32.7 Å². The lowest BCUT2D eigenvalue weighted by atomic mass is 9.85. The number of hydrogen-bond donors (Lipinski definition) is 6. The second-order valence-corrected chi connectivity index (χ2v) is 15.2. The van der Waals surface area contributed by atoms with Crippen LogP contribution >= 0.6 is 7.82 Å². The number of phosphoric acid groups is 1. The zero-order valence-corrected chi connectivity index (χ0v) is 32.9. The predicted octanol–water partition coefficient (Wildman–Crippen LogP) is 6.27. The minimum atomic E-state index is -5.11. The molecule has 0 spiro atoms. The molecule has 0 amide bonds. The van der Waals surface area contributed by atoms with E-state index in [2.05, 4.69) is 50.3 Å². The van der Waals surface area contributed by atoms with Crippen LogP contribution in [-0.4, -0.2) is 98.3 Å². The highest BCUT2D eigenvalue weighted by molar-refractivity contribution is 7.47. The molecule has 6 atom stereocenters. The van der Waals surface area contributed by atoms with Gasteiger partial charge < -0.3 is 39.9 Å². The molecular weight excluding hydrogens is 707 g/mol. The Labute approximate surface area is 317 Å². The lowest BCUT2D eigenvalue weighted by molar-refractivity contribution is -0.220. The van der Waals surface area contributed by atoms with Crippen molar-refractivity contribution in [2.24, 2.45) is 0 Å². The van der Waals surface area contributed by atoms with E-state index >= 15 is 0 Å². The summed E-state index contributed by atoms with van der Waals surface area (Å²) in [5.41, 5.74) is 0. The summed E-state index contributed by atoms with van der Waals surface area (Å²) in [5.74, 6) is -1.14. The minimum Gasteiger partial charge on any atom is -0.462 e. The third-order valence-electron chi connectivity index (χ3n) is 9.00. The monoisotopic (exact) mass is 776 g/mol. The first-order chi connectivity index (χ1) is 25.4. The summed E-state index contributed by atoms with van der Waals surface area (Å²) in [6, 6.07) is 0. The van der Waals surface area contributed by atoms with Gasteiger partial charge in [0.25, 0.3) is 0 Å². The van der Waals surface area contributed by atoms with Crippen molar-refractivity contribution in [1.82, 2.24) is 0 Å². The van der Waals surface area contributed by atoms with E-state index in [-0.39, 0.29) is 12.8 Å². The zero-order chi connectivity index (χ0) is 39.3. The molecule has 0 aliphatic heterocycles. The number of carbonyl (C=O) groups is 2. The van der Waals surface area contributed by atoms with Crippen molar-refractivity contribution in [2.45, 2.75) is 185 Å². The summed E-state index contributed by atoms with van der Waals surface area (Å²) in [6.45, 7) is 3.11. The number of carbonyl (C=O) groups excluding carboxylic acids is 2. The van der Waals surface area contributed by atoms with Crippen molar-refractivity contribution in [2.75, 3.05) is 13.2 Å². The van der Waals surface area contributed by atoms with Crippen LogP contribution in [0.2, 0.25) is 0 Å². The van der Waals surface area contributed by atoms with Gasteiger partial charge in [-0.15, -0.1) is 0 Å². The maximum absolute atomic E-state index is 12.7. The van der Waals surface area contributed by atoms with Crippen molar-refractivity contribution in [1.29, 1.82) is 0 Å². The first-order valence-corrected chi connectivity index (χ1v) is 21.3. The fraction of sp³-hybridized carbons (Fsp3) is 0.795. The Morgan fingerprint density at radius 1 is 0.604 bits per heavy atom. The summed E-state index contributed by atoms with van der Waals surface area (Å²) in [7, 11) is -5.11. The number of ether oxygens (including phenoxy) is 2. The first kappa shape index (κ1) is 49.1. The number of allylic oxidation sites excluding steroid dienone is 6. The van der Waals surface area contributed by atoms with Crippen molar-refractivity contribution in [3.05, 3.63) is 36.5 Å². The molecule has 0 radical (unpaired) electrons. The molecule has 0 saturated heterocycles. The SMILES string of the molecule is CC/C=C\C/C=C\C/C=C\CCCCCC(=O)OC(COC(=O)CCCCCCCCCCCCC)COP(=O)(O)OC1C(O)C(O)C(O)C(O)C1O. The number of unbranched alkanes of at least 4 members (excludes halogenated alkanes) is 13. The molecule has 0 aromatic carbocycles. The van der Waals surface area contributed by atoms with E-state index < -0.39 is 75.7 Å². The molecule has 308 valence electrons. The van der Waals surface area contributed by atoms with Gasteiger partial charge in [-0.05, 0) is 44.9 Å². The van der Waals surface area contributed by atoms with E-state index in [1.165, 1.54) is 44.9 Å². The van der Waals surface area contributed by atoms with Crippen LogP contribution in [0.25, 0.3) is 0 Å². The van der Waals surface area contributed by atoms with Crippen molar-refractivity contribution in [3.63, 3.8) is 0 Å². The van der Waals surface area contributed by atoms with E-state index in [1.807, 2.05) is 0 Å². The average molecular weight is 777 g/mol. The van der Waals surface area contributed by atoms with Gasteiger partial charge in [-0.1, -0.05) is 121 Å². The van der Waals surface area contributed by atoms with E-state index in [0.717, 1.165) is 57.8 Å². The van der Waals surface area contributed by atoms with Gasteiger partial charge in [0.2, 0.25) is 0 Å². The average Bonchev–Trinajstić information content (AvgIpc) is 3.13.